The summed E-state index contributed by atoms with van der Waals surface area (Å²) in [5.41, 5.74) is 0.363. The van der Waals surface area contributed by atoms with Crippen LogP contribution in [0.1, 0.15) is 11.1 Å². The number of carbonyl (C=O) groups is 1. The second kappa shape index (κ2) is 5.73. The molecule has 0 aliphatic carbocycles. The number of urea groups is 1. The van der Waals surface area contributed by atoms with Gasteiger partial charge in [0.2, 0.25) is 0 Å². The van der Waals surface area contributed by atoms with E-state index in [-0.39, 0.29) is 10.7 Å². The van der Waals surface area contributed by atoms with E-state index in [9.17, 15) is 18.0 Å². The van der Waals surface area contributed by atoms with Crippen LogP contribution >= 0.6 is 11.6 Å². The number of nitrogens with one attached hydrogen (secondary N) is 1. The molecule has 23 heavy (non-hydrogen) atoms. The van der Waals surface area contributed by atoms with E-state index in [1.807, 2.05) is 0 Å². The third-order valence-electron chi connectivity index (χ3n) is 3.53. The van der Waals surface area contributed by atoms with Crippen molar-refractivity contribution in [2.75, 3.05) is 16.8 Å². The van der Waals surface area contributed by atoms with Gasteiger partial charge in [-0.1, -0.05) is 11.6 Å². The van der Waals surface area contributed by atoms with Gasteiger partial charge in [-0.15, -0.1) is 0 Å². The lowest BCUT2D eigenvalue weighted by Gasteiger charge is -2.19. The Hall–Kier alpha value is -2.28. The van der Waals surface area contributed by atoms with Crippen LogP contribution in [0.5, 0.6) is 0 Å². The molecule has 120 valence electrons. The molecule has 2 heterocycles. The minimum absolute atomic E-state index is 0.225. The van der Waals surface area contributed by atoms with Crippen molar-refractivity contribution < 1.29 is 18.0 Å². The summed E-state index contributed by atoms with van der Waals surface area (Å²) in [6.45, 7) is 0.291. The van der Waals surface area contributed by atoms with Gasteiger partial charge in [0.25, 0.3) is 0 Å². The Morgan fingerprint density at radius 1 is 1.35 bits per heavy atom. The number of aromatic nitrogens is 1. The number of carbonyl (C=O) groups excluding carboxylic acids is 1. The quantitative estimate of drug-likeness (QED) is 0.838. The maximum Gasteiger partial charge on any atom is 0.417 e. The summed E-state index contributed by atoms with van der Waals surface area (Å²) < 4.78 is 38.9. The van der Waals surface area contributed by atoms with E-state index in [4.69, 9.17) is 11.6 Å². The van der Waals surface area contributed by atoms with Crippen molar-refractivity contribution in [1.82, 2.24) is 4.98 Å². The third-order valence-corrected chi connectivity index (χ3v) is 3.84. The predicted octanol–water partition coefficient (Wildman–Crippen LogP) is 4.35. The molecule has 8 heteroatoms. The number of pyridine rings is 1. The lowest BCUT2D eigenvalue weighted by Crippen LogP contribution is -2.33. The average Bonchev–Trinajstić information content (AvgIpc) is 2.89. The van der Waals surface area contributed by atoms with E-state index in [0.717, 1.165) is 6.07 Å². The molecule has 0 fully saturated rings. The van der Waals surface area contributed by atoms with Crippen molar-refractivity contribution in [2.24, 2.45) is 0 Å². The summed E-state index contributed by atoms with van der Waals surface area (Å²) in [6.07, 6.45) is -1.11. The van der Waals surface area contributed by atoms with E-state index < -0.39 is 17.8 Å². The second-order valence-corrected chi connectivity index (χ2v) is 5.44. The molecule has 4 nitrogen and oxygen atoms in total. The lowest BCUT2D eigenvalue weighted by atomic mass is 10.1. The van der Waals surface area contributed by atoms with Crippen molar-refractivity contribution in [3.05, 3.63) is 52.8 Å². The van der Waals surface area contributed by atoms with E-state index in [1.165, 1.54) is 17.2 Å². The zero-order chi connectivity index (χ0) is 16.6. The highest BCUT2D eigenvalue weighted by molar-refractivity contribution is 6.31. The first-order chi connectivity index (χ1) is 10.9. The molecule has 0 radical (unpaired) electrons. The zero-order valence-corrected chi connectivity index (χ0v) is 12.4. The molecule has 1 N–H and O–H groups in total. The summed E-state index contributed by atoms with van der Waals surface area (Å²) in [4.78, 5) is 17.4. The van der Waals surface area contributed by atoms with Gasteiger partial charge in [-0.3, -0.25) is 9.88 Å². The van der Waals surface area contributed by atoms with Gasteiger partial charge in [-0.05, 0) is 36.2 Å². The largest absolute Gasteiger partial charge is 0.417 e. The van der Waals surface area contributed by atoms with Crippen LogP contribution in [-0.4, -0.2) is 17.6 Å². The van der Waals surface area contributed by atoms with E-state index >= 15 is 0 Å². The molecular weight excluding hydrogens is 331 g/mol. The van der Waals surface area contributed by atoms with E-state index in [1.54, 1.807) is 18.3 Å². The number of rotatable bonds is 1. The molecule has 1 aromatic heterocycles. The van der Waals surface area contributed by atoms with Crippen LogP contribution in [0.2, 0.25) is 5.02 Å². The molecule has 0 saturated carbocycles. The van der Waals surface area contributed by atoms with Gasteiger partial charge in [0.05, 0.1) is 22.5 Å². The Labute approximate surface area is 134 Å². The Balaban J connectivity index is 1.90. The summed E-state index contributed by atoms with van der Waals surface area (Å²) in [5.74, 6) is 0. The average molecular weight is 342 g/mol. The normalized spacial score (nSPS) is 13.8. The Kier molecular flexibility index (Phi) is 3.89. The molecular formula is C15H11ClF3N3O. The van der Waals surface area contributed by atoms with Gasteiger partial charge < -0.3 is 5.32 Å². The van der Waals surface area contributed by atoms with Crippen LogP contribution < -0.4 is 10.2 Å². The van der Waals surface area contributed by atoms with Crippen molar-refractivity contribution in [3.63, 3.8) is 0 Å². The summed E-state index contributed by atoms with van der Waals surface area (Å²) >= 11 is 5.70. The Morgan fingerprint density at radius 2 is 2.13 bits per heavy atom. The fourth-order valence-corrected chi connectivity index (χ4v) is 2.76. The number of hydrogen-bond acceptors (Lipinski definition) is 2. The fraction of sp³-hybridized carbons (Fsp3) is 0.200. The molecule has 1 aliphatic heterocycles. The first kappa shape index (κ1) is 15.6. The Morgan fingerprint density at radius 3 is 2.78 bits per heavy atom. The lowest BCUT2D eigenvalue weighted by molar-refractivity contribution is -0.137. The summed E-state index contributed by atoms with van der Waals surface area (Å²) in [5, 5.41) is 2.25. The van der Waals surface area contributed by atoms with Gasteiger partial charge in [0.15, 0.2) is 0 Å². The van der Waals surface area contributed by atoms with Crippen LogP contribution in [0, 0.1) is 0 Å². The van der Waals surface area contributed by atoms with Crippen LogP contribution in [0.4, 0.5) is 29.3 Å². The summed E-state index contributed by atoms with van der Waals surface area (Å²) in [7, 11) is 0. The number of amides is 2. The third kappa shape index (κ3) is 3.10. The highest BCUT2D eigenvalue weighted by Crippen LogP contribution is 2.40. The first-order valence-electron chi connectivity index (χ1n) is 6.74. The monoisotopic (exact) mass is 341 g/mol. The topological polar surface area (TPSA) is 45.2 Å². The van der Waals surface area contributed by atoms with E-state index in [0.29, 0.717) is 24.2 Å². The molecule has 3 rings (SSSR count). The molecule has 0 spiro atoms. The highest BCUT2D eigenvalue weighted by atomic mass is 35.5. The molecule has 0 saturated heterocycles. The zero-order valence-electron chi connectivity index (χ0n) is 11.7. The van der Waals surface area contributed by atoms with Crippen LogP contribution in [0.3, 0.4) is 0 Å². The number of hydrogen-bond donors (Lipinski definition) is 1. The molecule has 1 aromatic carbocycles. The number of anilines is 2. The molecule has 0 bridgehead atoms. The van der Waals surface area contributed by atoms with Crippen molar-refractivity contribution in [1.29, 1.82) is 0 Å². The predicted molar refractivity (Wildman–Crippen MR) is 80.8 cm³/mol. The summed E-state index contributed by atoms with van der Waals surface area (Å²) in [6, 6.07) is 4.98. The SMILES string of the molecule is O=C(Nc1cccnc1)N1CCc2cc(Cl)c(C(F)(F)F)cc21. The first-order valence-corrected chi connectivity index (χ1v) is 7.12. The van der Waals surface area contributed by atoms with Gasteiger partial charge in [0.1, 0.15) is 0 Å². The number of fused-ring (bicyclic) bond motifs is 1. The molecule has 0 atom stereocenters. The van der Waals surface area contributed by atoms with Gasteiger partial charge in [0, 0.05) is 18.4 Å². The molecule has 2 amide bonds. The van der Waals surface area contributed by atoms with Crippen LogP contribution in [0.15, 0.2) is 36.7 Å². The fourth-order valence-electron chi connectivity index (χ4n) is 2.46. The van der Waals surface area contributed by atoms with Gasteiger partial charge in [-0.2, -0.15) is 13.2 Å². The molecule has 1 aliphatic rings. The van der Waals surface area contributed by atoms with Crippen molar-refractivity contribution in [2.45, 2.75) is 12.6 Å². The maximum absolute atomic E-state index is 13.0. The molecule has 0 unspecified atom stereocenters. The smallest absolute Gasteiger partial charge is 0.306 e. The number of benzene rings is 1. The number of alkyl halides is 3. The number of nitrogens with zero attached hydrogens (tertiary/aromatic N) is 2. The molecule has 2 aromatic rings. The van der Waals surface area contributed by atoms with Gasteiger partial charge >= 0.3 is 12.2 Å². The second-order valence-electron chi connectivity index (χ2n) is 5.03. The van der Waals surface area contributed by atoms with Gasteiger partial charge in [-0.25, -0.2) is 4.79 Å². The Bertz CT molecular complexity index is 750. The standard InChI is InChI=1S/C15H11ClF3N3O/c16-12-6-9-3-5-22(13(9)7-11(12)15(17,18)19)14(23)21-10-2-1-4-20-8-10/h1-2,4,6-8H,3,5H2,(H,21,23). The van der Waals surface area contributed by atoms with Crippen molar-refractivity contribution >= 4 is 29.0 Å². The van der Waals surface area contributed by atoms with Crippen LogP contribution in [-0.2, 0) is 12.6 Å². The number of halogens is 4. The minimum atomic E-state index is -4.57. The minimum Gasteiger partial charge on any atom is -0.306 e. The maximum atomic E-state index is 13.0. The van der Waals surface area contributed by atoms with Crippen LogP contribution in [0.25, 0.3) is 0 Å². The van der Waals surface area contributed by atoms with Crippen molar-refractivity contribution in [3.8, 4) is 0 Å². The van der Waals surface area contributed by atoms with E-state index in [2.05, 4.69) is 10.3 Å². The highest BCUT2D eigenvalue weighted by Gasteiger charge is 2.36.